The van der Waals surface area contributed by atoms with Crippen LogP contribution in [0.3, 0.4) is 0 Å². The fraction of sp³-hybridized carbons (Fsp3) is 0.286. The van der Waals surface area contributed by atoms with Gasteiger partial charge in [0.05, 0.1) is 18.6 Å². The van der Waals surface area contributed by atoms with Crippen molar-refractivity contribution in [2.45, 2.75) is 20.0 Å². The van der Waals surface area contributed by atoms with Crippen LogP contribution in [0.2, 0.25) is 0 Å². The van der Waals surface area contributed by atoms with Crippen molar-refractivity contribution in [3.05, 3.63) is 42.5 Å². The van der Waals surface area contributed by atoms with Gasteiger partial charge in [-0.05, 0) is 29.5 Å². The van der Waals surface area contributed by atoms with E-state index in [9.17, 15) is 0 Å². The van der Waals surface area contributed by atoms with Crippen molar-refractivity contribution in [1.82, 2.24) is 29.8 Å². The minimum absolute atomic E-state index is 0.731. The van der Waals surface area contributed by atoms with Gasteiger partial charge in [-0.1, -0.05) is 12.1 Å². The standard InChI is InChI=1S/C14H17N7/c1-3-21-10-15-8-13(21)9-16-12-6-4-5-11(7-12)14-17-18-19-20(14)2/h4-8,10,16H,3,9H2,1-2H3. The Kier molecular flexibility index (Phi) is 3.63. The van der Waals surface area contributed by atoms with Gasteiger partial charge in [0.2, 0.25) is 0 Å². The fourth-order valence-corrected chi connectivity index (χ4v) is 2.21. The van der Waals surface area contributed by atoms with Gasteiger partial charge >= 0.3 is 0 Å². The molecule has 0 aliphatic heterocycles. The SMILES string of the molecule is CCn1cncc1CNc1cccc(-c2nnnn2C)c1. The molecule has 7 nitrogen and oxygen atoms in total. The fourth-order valence-electron chi connectivity index (χ4n) is 2.21. The van der Waals surface area contributed by atoms with Crippen molar-refractivity contribution >= 4 is 5.69 Å². The molecule has 0 saturated heterocycles. The van der Waals surface area contributed by atoms with Crippen LogP contribution < -0.4 is 5.32 Å². The minimum atomic E-state index is 0.731. The van der Waals surface area contributed by atoms with Gasteiger partial charge in [-0.15, -0.1) is 5.10 Å². The van der Waals surface area contributed by atoms with E-state index in [1.807, 2.05) is 43.8 Å². The highest BCUT2D eigenvalue weighted by molar-refractivity contribution is 5.62. The second kappa shape index (κ2) is 5.74. The van der Waals surface area contributed by atoms with Crippen molar-refractivity contribution < 1.29 is 0 Å². The molecule has 2 aromatic heterocycles. The Bertz CT molecular complexity index is 728. The number of imidazole rings is 1. The number of aromatic nitrogens is 6. The third-order valence-electron chi connectivity index (χ3n) is 3.35. The number of tetrazole rings is 1. The lowest BCUT2D eigenvalue weighted by atomic mass is 10.2. The maximum absolute atomic E-state index is 4.17. The summed E-state index contributed by atoms with van der Waals surface area (Å²) in [5.74, 6) is 0.747. The summed E-state index contributed by atoms with van der Waals surface area (Å²) in [6.07, 6.45) is 3.73. The first-order valence-corrected chi connectivity index (χ1v) is 6.83. The Morgan fingerprint density at radius 3 is 2.95 bits per heavy atom. The molecule has 1 aromatic carbocycles. The molecule has 1 N–H and O–H groups in total. The number of benzene rings is 1. The Balaban J connectivity index is 1.76. The maximum Gasteiger partial charge on any atom is 0.181 e. The summed E-state index contributed by atoms with van der Waals surface area (Å²) in [5, 5.41) is 15.0. The molecule has 0 bridgehead atoms. The number of anilines is 1. The maximum atomic E-state index is 4.17. The number of nitrogens with one attached hydrogen (secondary N) is 1. The first kappa shape index (κ1) is 13.3. The van der Waals surface area contributed by atoms with Crippen molar-refractivity contribution in [2.24, 2.45) is 7.05 Å². The average Bonchev–Trinajstić information content (AvgIpc) is 3.13. The number of rotatable bonds is 5. The first-order chi connectivity index (χ1) is 10.3. The largest absolute Gasteiger partial charge is 0.379 e. The highest BCUT2D eigenvalue weighted by Gasteiger charge is 2.06. The average molecular weight is 283 g/mol. The van der Waals surface area contributed by atoms with E-state index in [1.165, 1.54) is 0 Å². The molecule has 0 fully saturated rings. The molecule has 0 aliphatic rings. The normalized spacial score (nSPS) is 10.8. The van der Waals surface area contributed by atoms with Gasteiger partial charge in [0, 0.05) is 31.0 Å². The molecule has 21 heavy (non-hydrogen) atoms. The van der Waals surface area contributed by atoms with Gasteiger partial charge in [-0.3, -0.25) is 0 Å². The lowest BCUT2D eigenvalue weighted by molar-refractivity contribution is 0.714. The zero-order valence-corrected chi connectivity index (χ0v) is 12.1. The van der Waals surface area contributed by atoms with E-state index in [0.29, 0.717) is 0 Å². The van der Waals surface area contributed by atoms with Gasteiger partial charge in [0.25, 0.3) is 0 Å². The van der Waals surface area contributed by atoms with Crippen LogP contribution in [-0.4, -0.2) is 29.8 Å². The zero-order chi connectivity index (χ0) is 14.7. The van der Waals surface area contributed by atoms with E-state index < -0.39 is 0 Å². The lowest BCUT2D eigenvalue weighted by Gasteiger charge is -2.09. The summed E-state index contributed by atoms with van der Waals surface area (Å²) in [5.41, 5.74) is 3.17. The van der Waals surface area contributed by atoms with Crippen molar-refractivity contribution in [3.8, 4) is 11.4 Å². The molecule has 7 heteroatoms. The zero-order valence-electron chi connectivity index (χ0n) is 12.1. The third-order valence-corrected chi connectivity index (χ3v) is 3.35. The second-order valence-corrected chi connectivity index (χ2v) is 4.73. The first-order valence-electron chi connectivity index (χ1n) is 6.83. The Hall–Kier alpha value is -2.70. The van der Waals surface area contributed by atoms with E-state index in [-0.39, 0.29) is 0 Å². The smallest absolute Gasteiger partial charge is 0.181 e. The number of aryl methyl sites for hydroxylation is 2. The van der Waals surface area contributed by atoms with Crippen LogP contribution in [0.4, 0.5) is 5.69 Å². The molecule has 108 valence electrons. The Labute approximate surface area is 122 Å². The molecule has 0 atom stereocenters. The second-order valence-electron chi connectivity index (χ2n) is 4.73. The van der Waals surface area contributed by atoms with Gasteiger partial charge in [-0.2, -0.15) is 0 Å². The lowest BCUT2D eigenvalue weighted by Crippen LogP contribution is -2.06. The minimum Gasteiger partial charge on any atom is -0.379 e. The van der Waals surface area contributed by atoms with Crippen LogP contribution in [0.1, 0.15) is 12.6 Å². The van der Waals surface area contributed by atoms with Crippen LogP contribution in [0, 0.1) is 0 Å². The Morgan fingerprint density at radius 1 is 1.29 bits per heavy atom. The molecule has 0 saturated carbocycles. The molecular weight excluding hydrogens is 266 g/mol. The van der Waals surface area contributed by atoms with Crippen LogP contribution in [-0.2, 0) is 20.1 Å². The molecule has 0 spiro atoms. The number of hydrogen-bond donors (Lipinski definition) is 1. The monoisotopic (exact) mass is 283 g/mol. The van der Waals surface area contributed by atoms with Crippen molar-refractivity contribution in [1.29, 1.82) is 0 Å². The third kappa shape index (κ3) is 2.76. The molecule has 3 aromatic rings. The van der Waals surface area contributed by atoms with Gasteiger partial charge in [0.15, 0.2) is 5.82 Å². The summed E-state index contributed by atoms with van der Waals surface area (Å²) in [6.45, 7) is 3.75. The summed E-state index contributed by atoms with van der Waals surface area (Å²) in [7, 11) is 1.83. The predicted octanol–water partition coefficient (Wildman–Crippen LogP) is 1.71. The van der Waals surface area contributed by atoms with E-state index in [0.717, 1.165) is 35.9 Å². The van der Waals surface area contributed by atoms with E-state index in [4.69, 9.17) is 0 Å². The van der Waals surface area contributed by atoms with E-state index >= 15 is 0 Å². The number of nitrogens with zero attached hydrogens (tertiary/aromatic N) is 6. The highest BCUT2D eigenvalue weighted by Crippen LogP contribution is 2.20. The Morgan fingerprint density at radius 2 is 2.19 bits per heavy atom. The summed E-state index contributed by atoms with van der Waals surface area (Å²) >= 11 is 0. The molecule has 0 radical (unpaired) electrons. The summed E-state index contributed by atoms with van der Waals surface area (Å²) < 4.78 is 3.77. The van der Waals surface area contributed by atoms with Gasteiger partial charge in [0.1, 0.15) is 0 Å². The molecular formula is C14H17N7. The number of hydrogen-bond acceptors (Lipinski definition) is 5. The van der Waals surface area contributed by atoms with Crippen molar-refractivity contribution in [2.75, 3.05) is 5.32 Å². The van der Waals surface area contributed by atoms with E-state index in [2.05, 4.69) is 37.3 Å². The summed E-state index contributed by atoms with van der Waals surface area (Å²) in [4.78, 5) is 4.17. The highest BCUT2D eigenvalue weighted by atomic mass is 15.5. The van der Waals surface area contributed by atoms with Crippen LogP contribution in [0.5, 0.6) is 0 Å². The topological polar surface area (TPSA) is 73.5 Å². The van der Waals surface area contributed by atoms with Crippen LogP contribution in [0.15, 0.2) is 36.8 Å². The van der Waals surface area contributed by atoms with Crippen molar-refractivity contribution in [3.63, 3.8) is 0 Å². The van der Waals surface area contributed by atoms with Gasteiger partial charge < -0.3 is 9.88 Å². The predicted molar refractivity (Wildman–Crippen MR) is 79.5 cm³/mol. The molecule has 0 amide bonds. The van der Waals surface area contributed by atoms with Crippen LogP contribution >= 0.6 is 0 Å². The summed E-state index contributed by atoms with van der Waals surface area (Å²) in [6, 6.07) is 8.05. The molecule has 0 unspecified atom stereocenters. The van der Waals surface area contributed by atoms with Gasteiger partial charge in [-0.25, -0.2) is 9.67 Å². The quantitative estimate of drug-likeness (QED) is 0.771. The molecule has 3 rings (SSSR count). The van der Waals surface area contributed by atoms with E-state index in [1.54, 1.807) is 4.68 Å². The molecule has 0 aliphatic carbocycles. The van der Waals surface area contributed by atoms with Crippen LogP contribution in [0.25, 0.3) is 11.4 Å². The molecule has 2 heterocycles.